The number of nitrogens with one attached hydrogen (secondary N) is 1. The zero-order valence-corrected chi connectivity index (χ0v) is 20.4. The lowest BCUT2D eigenvalue weighted by Crippen LogP contribution is -2.48. The summed E-state index contributed by atoms with van der Waals surface area (Å²) >= 11 is 0. The molecular formula is C28H34N2O5. The predicted molar refractivity (Wildman–Crippen MR) is 133 cm³/mol. The molecule has 0 spiro atoms. The van der Waals surface area contributed by atoms with Gasteiger partial charge in [-0.2, -0.15) is 0 Å². The lowest BCUT2D eigenvalue weighted by molar-refractivity contribution is -0.142. The van der Waals surface area contributed by atoms with Crippen molar-refractivity contribution in [3.63, 3.8) is 0 Å². The molecule has 2 aliphatic rings. The monoisotopic (exact) mass is 478 g/mol. The van der Waals surface area contributed by atoms with E-state index < -0.39 is 18.1 Å². The van der Waals surface area contributed by atoms with Gasteiger partial charge in [0.1, 0.15) is 6.61 Å². The molecule has 0 aromatic heterocycles. The molecule has 0 radical (unpaired) electrons. The highest BCUT2D eigenvalue weighted by Gasteiger charge is 2.32. The third-order valence-electron chi connectivity index (χ3n) is 7.20. The van der Waals surface area contributed by atoms with Crippen LogP contribution in [0.2, 0.25) is 0 Å². The molecule has 4 rings (SSSR count). The Labute approximate surface area is 206 Å². The largest absolute Gasteiger partial charge is 0.481 e. The van der Waals surface area contributed by atoms with Crippen LogP contribution >= 0.6 is 0 Å². The molecule has 1 aliphatic heterocycles. The molecule has 1 heterocycles. The predicted octanol–water partition coefficient (Wildman–Crippen LogP) is 4.80. The fourth-order valence-electron chi connectivity index (χ4n) is 5.29. The van der Waals surface area contributed by atoms with E-state index in [0.717, 1.165) is 24.0 Å². The molecule has 1 aliphatic carbocycles. The summed E-state index contributed by atoms with van der Waals surface area (Å²) in [4.78, 5) is 38.8. The highest BCUT2D eigenvalue weighted by Crippen LogP contribution is 2.44. The molecule has 2 aromatic rings. The molecule has 1 unspecified atom stereocenters. The number of nitrogens with zero attached hydrogens (tertiary/aromatic N) is 1. The van der Waals surface area contributed by atoms with Gasteiger partial charge in [-0.3, -0.25) is 9.59 Å². The van der Waals surface area contributed by atoms with Crippen molar-refractivity contribution in [2.24, 2.45) is 5.92 Å². The van der Waals surface area contributed by atoms with Crippen molar-refractivity contribution >= 4 is 18.0 Å². The molecule has 35 heavy (non-hydrogen) atoms. The van der Waals surface area contributed by atoms with Crippen LogP contribution in [0.4, 0.5) is 4.79 Å². The number of piperidine rings is 1. The second-order valence-electron chi connectivity index (χ2n) is 9.86. The summed E-state index contributed by atoms with van der Waals surface area (Å²) in [5.41, 5.74) is 4.62. The van der Waals surface area contributed by atoms with Gasteiger partial charge in [0, 0.05) is 31.0 Å². The number of carboxylic acids is 1. The average molecular weight is 479 g/mol. The van der Waals surface area contributed by atoms with Gasteiger partial charge >= 0.3 is 12.1 Å². The minimum atomic E-state index is -0.896. The summed E-state index contributed by atoms with van der Waals surface area (Å²) in [6.45, 7) is 4.68. The molecular weight excluding hydrogens is 444 g/mol. The van der Waals surface area contributed by atoms with E-state index in [1.54, 1.807) is 4.90 Å². The molecule has 2 atom stereocenters. The van der Waals surface area contributed by atoms with Crippen molar-refractivity contribution in [2.45, 2.75) is 64.0 Å². The van der Waals surface area contributed by atoms with Gasteiger partial charge in [-0.05, 0) is 47.4 Å². The zero-order valence-electron chi connectivity index (χ0n) is 20.4. The van der Waals surface area contributed by atoms with Crippen LogP contribution in [0.25, 0.3) is 11.1 Å². The lowest BCUT2D eigenvalue weighted by Gasteiger charge is -2.36. The number of rotatable bonds is 8. The van der Waals surface area contributed by atoms with Gasteiger partial charge in [0.25, 0.3) is 0 Å². The van der Waals surface area contributed by atoms with Crippen LogP contribution < -0.4 is 5.32 Å². The summed E-state index contributed by atoms with van der Waals surface area (Å²) in [5.74, 6) is -1.03. The maximum absolute atomic E-state index is 13.1. The fraction of sp³-hybridized carbons (Fsp3) is 0.464. The van der Waals surface area contributed by atoms with Crippen molar-refractivity contribution in [1.82, 2.24) is 10.2 Å². The first-order valence-corrected chi connectivity index (χ1v) is 12.5. The highest BCUT2D eigenvalue weighted by atomic mass is 16.5. The Kier molecular flexibility index (Phi) is 7.73. The topological polar surface area (TPSA) is 95.9 Å². The Balaban J connectivity index is 1.37. The van der Waals surface area contributed by atoms with E-state index in [0.29, 0.717) is 13.0 Å². The van der Waals surface area contributed by atoms with Crippen LogP contribution in [0.15, 0.2) is 48.5 Å². The van der Waals surface area contributed by atoms with Gasteiger partial charge in [0.2, 0.25) is 5.91 Å². The van der Waals surface area contributed by atoms with E-state index in [1.165, 1.54) is 11.1 Å². The van der Waals surface area contributed by atoms with Gasteiger partial charge < -0.3 is 20.1 Å². The van der Waals surface area contributed by atoms with Gasteiger partial charge in [-0.25, -0.2) is 4.79 Å². The van der Waals surface area contributed by atoms with Crippen LogP contribution in [0.5, 0.6) is 0 Å². The molecule has 0 bridgehead atoms. The Morgan fingerprint density at radius 2 is 1.66 bits per heavy atom. The molecule has 2 amide bonds. The Morgan fingerprint density at radius 3 is 2.26 bits per heavy atom. The van der Waals surface area contributed by atoms with Crippen molar-refractivity contribution in [2.75, 3.05) is 13.2 Å². The number of fused-ring (bicyclic) bond motifs is 3. The number of alkyl carbamates (subject to hydrolysis) is 1. The van der Waals surface area contributed by atoms with Crippen LogP contribution in [0.1, 0.15) is 63.0 Å². The van der Waals surface area contributed by atoms with Gasteiger partial charge in [0.05, 0.1) is 6.42 Å². The van der Waals surface area contributed by atoms with Crippen molar-refractivity contribution in [3.8, 4) is 11.1 Å². The van der Waals surface area contributed by atoms with Gasteiger partial charge in [-0.1, -0.05) is 62.4 Å². The number of benzene rings is 2. The standard InChI is InChI=1S/C28H34N2O5/c1-18(2)25(16-26(31)30-14-8-7-9-19(30)15-27(32)33)29-28(34)35-17-24-22-12-5-3-10-20(22)21-11-4-6-13-23(21)24/h3-6,10-13,18-19,24-25H,7-9,14-17H2,1-2H3,(H,29,34)(H,32,33)/t19?,25-/m0/s1. The van der Waals surface area contributed by atoms with E-state index in [1.807, 2.05) is 38.1 Å². The van der Waals surface area contributed by atoms with Crippen LogP contribution in [-0.2, 0) is 14.3 Å². The second kappa shape index (κ2) is 10.9. The number of hydrogen-bond acceptors (Lipinski definition) is 4. The minimum absolute atomic E-state index is 0.0159. The zero-order chi connectivity index (χ0) is 24.9. The first-order chi connectivity index (χ1) is 16.8. The molecule has 1 saturated heterocycles. The third-order valence-corrected chi connectivity index (χ3v) is 7.20. The Morgan fingerprint density at radius 1 is 1.03 bits per heavy atom. The maximum Gasteiger partial charge on any atom is 0.407 e. The van der Waals surface area contributed by atoms with Crippen molar-refractivity contribution < 1.29 is 24.2 Å². The SMILES string of the molecule is CC(C)[C@H](CC(=O)N1CCCCC1CC(=O)O)NC(=O)OCC1c2ccccc2-c2ccccc21. The first-order valence-electron chi connectivity index (χ1n) is 12.5. The summed E-state index contributed by atoms with van der Waals surface area (Å²) < 4.78 is 5.67. The number of carboxylic acid groups (broad SMARTS) is 1. The number of carbonyl (C=O) groups excluding carboxylic acids is 2. The average Bonchev–Trinajstić information content (AvgIpc) is 3.16. The smallest absolute Gasteiger partial charge is 0.407 e. The second-order valence-corrected chi connectivity index (χ2v) is 9.86. The van der Waals surface area contributed by atoms with Gasteiger partial charge in [-0.15, -0.1) is 0 Å². The molecule has 7 nitrogen and oxygen atoms in total. The maximum atomic E-state index is 13.1. The van der Waals surface area contributed by atoms with Crippen LogP contribution in [-0.4, -0.2) is 53.2 Å². The highest BCUT2D eigenvalue weighted by molar-refractivity contribution is 5.80. The first kappa shape index (κ1) is 24.8. The Hall–Kier alpha value is -3.35. The summed E-state index contributed by atoms with van der Waals surface area (Å²) in [7, 11) is 0. The van der Waals surface area contributed by atoms with E-state index in [4.69, 9.17) is 4.74 Å². The number of ether oxygens (including phenoxy) is 1. The van der Waals surface area contributed by atoms with E-state index in [2.05, 4.69) is 29.6 Å². The number of aliphatic carboxylic acids is 1. The van der Waals surface area contributed by atoms with Crippen molar-refractivity contribution in [3.05, 3.63) is 59.7 Å². The summed E-state index contributed by atoms with van der Waals surface area (Å²) in [5, 5.41) is 12.1. The number of hydrogen-bond donors (Lipinski definition) is 2. The molecule has 0 saturated carbocycles. The molecule has 1 fully saturated rings. The van der Waals surface area contributed by atoms with E-state index in [-0.39, 0.29) is 43.2 Å². The van der Waals surface area contributed by atoms with Gasteiger partial charge in [0.15, 0.2) is 0 Å². The van der Waals surface area contributed by atoms with E-state index >= 15 is 0 Å². The molecule has 2 N–H and O–H groups in total. The third kappa shape index (κ3) is 5.66. The number of likely N-dealkylation sites (tertiary alicyclic amines) is 1. The molecule has 186 valence electrons. The fourth-order valence-corrected chi connectivity index (χ4v) is 5.29. The number of carbonyl (C=O) groups is 3. The van der Waals surface area contributed by atoms with E-state index in [9.17, 15) is 19.5 Å². The van der Waals surface area contributed by atoms with Crippen LogP contribution in [0.3, 0.4) is 0 Å². The van der Waals surface area contributed by atoms with Crippen molar-refractivity contribution in [1.29, 1.82) is 0 Å². The quantitative estimate of drug-likeness (QED) is 0.568. The molecule has 7 heteroatoms. The summed E-state index contributed by atoms with van der Waals surface area (Å²) in [6.07, 6.45) is 2.03. The summed E-state index contributed by atoms with van der Waals surface area (Å²) in [6, 6.07) is 15.7. The Bertz CT molecular complexity index is 1040. The molecule has 2 aromatic carbocycles. The van der Waals surface area contributed by atoms with Crippen LogP contribution in [0, 0.1) is 5.92 Å². The normalized spacial score (nSPS) is 18.0. The number of amides is 2. The lowest BCUT2D eigenvalue weighted by atomic mass is 9.96. The minimum Gasteiger partial charge on any atom is -0.481 e.